The minimum atomic E-state index is -1.06. The summed E-state index contributed by atoms with van der Waals surface area (Å²) in [4.78, 5) is 25.0. The summed E-state index contributed by atoms with van der Waals surface area (Å²) in [6, 6.07) is 3.24. The SMILES string of the molecule is O=C(O)C(Cc1ccc(O)c(O)c1)N1CCCCCC1=O. The topological polar surface area (TPSA) is 98.1 Å². The van der Waals surface area contributed by atoms with Crippen LogP contribution in [0.3, 0.4) is 0 Å². The molecule has 1 aliphatic rings. The van der Waals surface area contributed by atoms with Crippen LogP contribution in [0.5, 0.6) is 11.5 Å². The third-order valence-corrected chi connectivity index (χ3v) is 3.74. The molecule has 1 amide bonds. The lowest BCUT2D eigenvalue weighted by Crippen LogP contribution is -2.46. The van der Waals surface area contributed by atoms with Crippen molar-refractivity contribution < 1.29 is 24.9 Å². The Bertz CT molecular complexity index is 543. The standard InChI is InChI=1S/C15H19NO5/c17-12-6-5-10(9-13(12)18)8-11(15(20)21)16-7-3-1-2-4-14(16)19/h5-6,9,11,17-18H,1-4,7-8H2,(H,20,21). The molecule has 1 aliphatic heterocycles. The smallest absolute Gasteiger partial charge is 0.326 e. The van der Waals surface area contributed by atoms with Crippen LogP contribution in [0, 0.1) is 0 Å². The molecular weight excluding hydrogens is 274 g/mol. The number of hydrogen-bond donors (Lipinski definition) is 3. The first-order chi connectivity index (χ1) is 9.99. The molecular formula is C15H19NO5. The Hall–Kier alpha value is -2.24. The zero-order valence-corrected chi connectivity index (χ0v) is 11.7. The quantitative estimate of drug-likeness (QED) is 0.731. The van der Waals surface area contributed by atoms with Gasteiger partial charge in [-0.25, -0.2) is 4.79 Å². The Morgan fingerprint density at radius 1 is 1.19 bits per heavy atom. The third kappa shape index (κ3) is 3.65. The minimum Gasteiger partial charge on any atom is -0.504 e. The summed E-state index contributed by atoms with van der Waals surface area (Å²) in [6.45, 7) is 0.444. The first-order valence-electron chi connectivity index (χ1n) is 7.02. The fraction of sp³-hybridized carbons (Fsp3) is 0.467. The number of phenolic OH excluding ortho intramolecular Hbond substituents is 2. The molecule has 21 heavy (non-hydrogen) atoms. The van der Waals surface area contributed by atoms with Crippen LogP contribution in [0.25, 0.3) is 0 Å². The normalized spacial score (nSPS) is 17.3. The van der Waals surface area contributed by atoms with E-state index < -0.39 is 12.0 Å². The highest BCUT2D eigenvalue weighted by Crippen LogP contribution is 2.26. The van der Waals surface area contributed by atoms with Gasteiger partial charge in [-0.15, -0.1) is 0 Å². The van der Waals surface area contributed by atoms with E-state index in [0.717, 1.165) is 19.3 Å². The van der Waals surface area contributed by atoms with Crippen molar-refractivity contribution in [1.82, 2.24) is 4.90 Å². The summed E-state index contributed by atoms with van der Waals surface area (Å²) in [5.74, 6) is -1.74. The fourth-order valence-corrected chi connectivity index (χ4v) is 2.58. The van der Waals surface area contributed by atoms with Gasteiger partial charge in [0, 0.05) is 19.4 Å². The van der Waals surface area contributed by atoms with Gasteiger partial charge in [0.2, 0.25) is 5.91 Å². The van der Waals surface area contributed by atoms with Crippen molar-refractivity contribution in [2.24, 2.45) is 0 Å². The molecule has 1 aromatic rings. The summed E-state index contributed by atoms with van der Waals surface area (Å²) in [5, 5.41) is 28.2. The monoisotopic (exact) mass is 293 g/mol. The van der Waals surface area contributed by atoms with Crippen molar-refractivity contribution in [3.05, 3.63) is 23.8 Å². The Morgan fingerprint density at radius 2 is 1.95 bits per heavy atom. The maximum Gasteiger partial charge on any atom is 0.326 e. The number of hydrogen-bond acceptors (Lipinski definition) is 4. The summed E-state index contributed by atoms with van der Waals surface area (Å²) in [7, 11) is 0. The van der Waals surface area contributed by atoms with Gasteiger partial charge in [-0.05, 0) is 30.5 Å². The molecule has 114 valence electrons. The van der Waals surface area contributed by atoms with Crippen LogP contribution in [0.1, 0.15) is 31.2 Å². The average Bonchev–Trinajstić information content (AvgIpc) is 2.64. The molecule has 0 radical (unpaired) electrons. The van der Waals surface area contributed by atoms with Crippen LogP contribution in [0.2, 0.25) is 0 Å². The Labute approximate surface area is 122 Å². The van der Waals surface area contributed by atoms with Gasteiger partial charge < -0.3 is 20.2 Å². The number of carboxylic acids is 1. The number of likely N-dealkylation sites (tertiary alicyclic amines) is 1. The van der Waals surface area contributed by atoms with Gasteiger partial charge in [0.25, 0.3) is 0 Å². The number of aromatic hydroxyl groups is 2. The molecule has 0 bridgehead atoms. The number of carboxylic acid groups (broad SMARTS) is 1. The van der Waals surface area contributed by atoms with Crippen molar-refractivity contribution >= 4 is 11.9 Å². The van der Waals surface area contributed by atoms with E-state index in [2.05, 4.69) is 0 Å². The van der Waals surface area contributed by atoms with E-state index in [4.69, 9.17) is 0 Å². The zero-order valence-electron chi connectivity index (χ0n) is 11.7. The first kappa shape index (κ1) is 15.2. The van der Waals surface area contributed by atoms with Crippen molar-refractivity contribution in [3.63, 3.8) is 0 Å². The second kappa shape index (κ2) is 6.47. The molecule has 1 aromatic carbocycles. The number of amides is 1. The van der Waals surface area contributed by atoms with Crippen LogP contribution in [0.4, 0.5) is 0 Å². The molecule has 1 fully saturated rings. The highest BCUT2D eigenvalue weighted by molar-refractivity contribution is 5.84. The lowest BCUT2D eigenvalue weighted by atomic mass is 10.0. The van der Waals surface area contributed by atoms with Crippen LogP contribution in [-0.4, -0.2) is 44.7 Å². The van der Waals surface area contributed by atoms with E-state index in [-0.39, 0.29) is 23.8 Å². The number of phenols is 2. The van der Waals surface area contributed by atoms with E-state index in [1.165, 1.54) is 17.0 Å². The number of nitrogens with zero attached hydrogens (tertiary/aromatic N) is 1. The fourth-order valence-electron chi connectivity index (χ4n) is 2.58. The van der Waals surface area contributed by atoms with Gasteiger partial charge >= 0.3 is 5.97 Å². The highest BCUT2D eigenvalue weighted by atomic mass is 16.4. The molecule has 0 saturated carbocycles. The molecule has 0 spiro atoms. The Kier molecular flexibility index (Phi) is 4.67. The van der Waals surface area contributed by atoms with Crippen LogP contribution < -0.4 is 0 Å². The average molecular weight is 293 g/mol. The largest absolute Gasteiger partial charge is 0.504 e. The summed E-state index contributed by atoms with van der Waals surface area (Å²) in [5.41, 5.74) is 0.565. The minimum absolute atomic E-state index is 0.106. The lowest BCUT2D eigenvalue weighted by Gasteiger charge is -2.28. The van der Waals surface area contributed by atoms with E-state index >= 15 is 0 Å². The summed E-state index contributed by atoms with van der Waals surface area (Å²) < 4.78 is 0. The van der Waals surface area contributed by atoms with Crippen molar-refractivity contribution in [3.8, 4) is 11.5 Å². The Balaban J connectivity index is 2.20. The number of carbonyl (C=O) groups is 2. The van der Waals surface area contributed by atoms with E-state index in [1.807, 2.05) is 0 Å². The van der Waals surface area contributed by atoms with Gasteiger partial charge in [-0.3, -0.25) is 4.79 Å². The predicted molar refractivity (Wildman–Crippen MR) is 75.1 cm³/mol. The van der Waals surface area contributed by atoms with E-state index in [9.17, 15) is 24.9 Å². The lowest BCUT2D eigenvalue weighted by molar-refractivity contribution is -0.150. The molecule has 3 N–H and O–H groups in total. The highest BCUT2D eigenvalue weighted by Gasteiger charge is 2.30. The van der Waals surface area contributed by atoms with Crippen LogP contribution in [0.15, 0.2) is 18.2 Å². The molecule has 0 aliphatic carbocycles. The second-order valence-corrected chi connectivity index (χ2v) is 5.28. The van der Waals surface area contributed by atoms with Crippen molar-refractivity contribution in [2.75, 3.05) is 6.54 Å². The third-order valence-electron chi connectivity index (χ3n) is 3.74. The molecule has 1 heterocycles. The molecule has 6 heteroatoms. The summed E-state index contributed by atoms with van der Waals surface area (Å²) in [6.07, 6.45) is 3.01. The molecule has 2 rings (SSSR count). The van der Waals surface area contributed by atoms with Gasteiger partial charge in [0.05, 0.1) is 0 Å². The Morgan fingerprint density at radius 3 is 2.62 bits per heavy atom. The van der Waals surface area contributed by atoms with Gasteiger partial charge in [-0.1, -0.05) is 12.5 Å². The predicted octanol–water partition coefficient (Wildman–Crippen LogP) is 1.50. The number of carbonyl (C=O) groups excluding carboxylic acids is 1. The number of aliphatic carboxylic acids is 1. The van der Waals surface area contributed by atoms with Crippen molar-refractivity contribution in [1.29, 1.82) is 0 Å². The zero-order chi connectivity index (χ0) is 15.4. The molecule has 0 aromatic heterocycles. The maximum atomic E-state index is 12.0. The van der Waals surface area contributed by atoms with Crippen LogP contribution >= 0.6 is 0 Å². The van der Waals surface area contributed by atoms with Gasteiger partial charge in [-0.2, -0.15) is 0 Å². The molecule has 1 saturated heterocycles. The van der Waals surface area contributed by atoms with Crippen LogP contribution in [-0.2, 0) is 16.0 Å². The maximum absolute atomic E-state index is 12.0. The number of benzene rings is 1. The first-order valence-corrected chi connectivity index (χ1v) is 7.02. The molecule has 1 atom stereocenters. The molecule has 1 unspecified atom stereocenters. The van der Waals surface area contributed by atoms with E-state index in [1.54, 1.807) is 6.07 Å². The van der Waals surface area contributed by atoms with Crippen molar-refractivity contribution in [2.45, 2.75) is 38.1 Å². The van der Waals surface area contributed by atoms with Gasteiger partial charge in [0.15, 0.2) is 11.5 Å². The van der Waals surface area contributed by atoms with Gasteiger partial charge in [0.1, 0.15) is 6.04 Å². The summed E-state index contributed by atoms with van der Waals surface area (Å²) >= 11 is 0. The van der Waals surface area contributed by atoms with E-state index in [0.29, 0.717) is 18.5 Å². The number of rotatable bonds is 4. The second-order valence-electron chi connectivity index (χ2n) is 5.28. The molecule has 6 nitrogen and oxygen atoms in total.